The number of thiophene rings is 1. The van der Waals surface area contributed by atoms with Crippen LogP contribution in [0, 0.1) is 0 Å². The van der Waals surface area contributed by atoms with E-state index in [0.717, 1.165) is 4.88 Å². The molecule has 28 heavy (non-hydrogen) atoms. The van der Waals surface area contributed by atoms with Crippen LogP contribution in [0.4, 0.5) is 0 Å². The average Bonchev–Trinajstić information content (AvgIpc) is 3.28. The third-order valence-corrected chi connectivity index (χ3v) is 5.48. The molecule has 0 saturated carbocycles. The number of likely N-dealkylation sites (tertiary alicyclic amines) is 1. The maximum absolute atomic E-state index is 12.8. The second-order valence-electron chi connectivity index (χ2n) is 6.77. The molecule has 0 unspecified atom stereocenters. The van der Waals surface area contributed by atoms with E-state index in [-0.39, 0.29) is 11.3 Å². The van der Waals surface area contributed by atoms with Crippen molar-refractivity contribution in [1.29, 1.82) is 0 Å². The number of benzene rings is 1. The van der Waals surface area contributed by atoms with E-state index in [9.17, 15) is 14.7 Å². The molecule has 6 nitrogen and oxygen atoms in total. The zero-order valence-corrected chi connectivity index (χ0v) is 17.0. The summed E-state index contributed by atoms with van der Waals surface area (Å²) in [5.41, 5.74) is 0.581. The number of likely N-dealkylation sites (N-methyl/N-ethyl adjacent to an activating group) is 1. The van der Waals surface area contributed by atoms with Crippen molar-refractivity contribution in [3.05, 3.63) is 57.8 Å². The Kier molecular flexibility index (Phi) is 6.16. The van der Waals surface area contributed by atoms with E-state index >= 15 is 0 Å². The van der Waals surface area contributed by atoms with Gasteiger partial charge in [-0.05, 0) is 44.6 Å². The highest BCUT2D eigenvalue weighted by Crippen LogP contribution is 2.41. The molecule has 1 N–H and O–H groups in total. The molecule has 1 aliphatic heterocycles. The molecule has 1 amide bonds. The van der Waals surface area contributed by atoms with Crippen LogP contribution in [-0.4, -0.2) is 60.4 Å². The van der Waals surface area contributed by atoms with Crippen molar-refractivity contribution in [2.45, 2.75) is 13.0 Å². The van der Waals surface area contributed by atoms with Gasteiger partial charge in [-0.15, -0.1) is 11.3 Å². The Balaban J connectivity index is 2.08. The molecular formula is C21H24N2O4S. The normalized spacial score (nSPS) is 18.9. The topological polar surface area (TPSA) is 70.1 Å². The monoisotopic (exact) mass is 400 g/mol. The van der Waals surface area contributed by atoms with Crippen molar-refractivity contribution in [2.24, 2.45) is 0 Å². The lowest BCUT2D eigenvalue weighted by atomic mass is 9.99. The lowest BCUT2D eigenvalue weighted by molar-refractivity contribution is -0.140. The third kappa shape index (κ3) is 3.95. The molecule has 1 atom stereocenters. The largest absolute Gasteiger partial charge is 0.507 e. The van der Waals surface area contributed by atoms with Crippen LogP contribution in [0.15, 0.2) is 47.4 Å². The molecule has 1 aromatic heterocycles. The van der Waals surface area contributed by atoms with E-state index < -0.39 is 17.7 Å². The number of hydrogen-bond donors (Lipinski definition) is 1. The van der Waals surface area contributed by atoms with Crippen LogP contribution in [0.1, 0.15) is 23.4 Å². The first-order valence-electron chi connectivity index (χ1n) is 9.13. The molecule has 2 heterocycles. The van der Waals surface area contributed by atoms with Gasteiger partial charge in [0.2, 0.25) is 0 Å². The van der Waals surface area contributed by atoms with Crippen LogP contribution in [0.2, 0.25) is 0 Å². The highest BCUT2D eigenvalue weighted by molar-refractivity contribution is 7.10. The minimum atomic E-state index is -0.656. The van der Waals surface area contributed by atoms with Crippen molar-refractivity contribution in [3.63, 3.8) is 0 Å². The van der Waals surface area contributed by atoms with Gasteiger partial charge in [0.1, 0.15) is 11.5 Å². The summed E-state index contributed by atoms with van der Waals surface area (Å²) in [5, 5.41) is 12.9. The molecule has 0 aliphatic carbocycles. The van der Waals surface area contributed by atoms with Crippen LogP contribution >= 0.6 is 11.3 Å². The van der Waals surface area contributed by atoms with Crippen molar-refractivity contribution in [3.8, 4) is 5.75 Å². The van der Waals surface area contributed by atoms with Crippen LogP contribution in [0.3, 0.4) is 0 Å². The summed E-state index contributed by atoms with van der Waals surface area (Å²) in [7, 11) is 3.83. The quantitative estimate of drug-likeness (QED) is 0.439. The first kappa shape index (κ1) is 20.1. The Morgan fingerprint density at radius 3 is 2.68 bits per heavy atom. The second-order valence-corrected chi connectivity index (χ2v) is 7.75. The molecule has 0 bridgehead atoms. The highest BCUT2D eigenvalue weighted by Gasteiger charge is 2.46. The third-order valence-electron chi connectivity index (χ3n) is 4.56. The summed E-state index contributed by atoms with van der Waals surface area (Å²) in [6, 6.07) is 10.1. The summed E-state index contributed by atoms with van der Waals surface area (Å²) in [6.07, 6.45) is 0. The fourth-order valence-electron chi connectivity index (χ4n) is 3.22. The molecular weight excluding hydrogens is 376 g/mol. The Labute approximate surface area is 168 Å². The number of aliphatic hydroxyl groups is 1. The molecule has 7 heteroatoms. The number of ketones is 1. The predicted octanol–water partition coefficient (Wildman–Crippen LogP) is 3.13. The zero-order valence-electron chi connectivity index (χ0n) is 16.2. The standard InChI is InChI=1S/C21H24N2O4S/c1-4-27-15-8-5-7-14(13-15)19(24)17-18(16-9-6-12-28-16)23(11-10-22(2)3)21(26)20(17)25/h5-9,12-13,18,24H,4,10-11H2,1-3H3/t18-/m1/s1. The van der Waals surface area contributed by atoms with Gasteiger partial charge < -0.3 is 19.6 Å². The van der Waals surface area contributed by atoms with Gasteiger partial charge in [-0.2, -0.15) is 0 Å². The highest BCUT2D eigenvalue weighted by atomic mass is 32.1. The number of Topliss-reactive ketones (excluding diaryl/α,β-unsaturated/α-hetero) is 1. The van der Waals surface area contributed by atoms with E-state index in [1.54, 1.807) is 29.2 Å². The summed E-state index contributed by atoms with van der Waals surface area (Å²) in [4.78, 5) is 29.9. The summed E-state index contributed by atoms with van der Waals surface area (Å²) >= 11 is 1.46. The molecule has 0 spiro atoms. The number of carbonyl (C=O) groups excluding carboxylic acids is 2. The van der Waals surface area contributed by atoms with Crippen LogP contribution in [0.25, 0.3) is 5.76 Å². The van der Waals surface area contributed by atoms with Gasteiger partial charge in [-0.1, -0.05) is 18.2 Å². The van der Waals surface area contributed by atoms with Gasteiger partial charge >= 0.3 is 0 Å². The van der Waals surface area contributed by atoms with E-state index in [0.29, 0.717) is 31.0 Å². The van der Waals surface area contributed by atoms with Gasteiger partial charge in [0.05, 0.1) is 18.2 Å². The minimum Gasteiger partial charge on any atom is -0.507 e. The van der Waals surface area contributed by atoms with Gasteiger partial charge in [0.25, 0.3) is 11.7 Å². The molecule has 0 radical (unpaired) electrons. The smallest absolute Gasteiger partial charge is 0.295 e. The fourth-order valence-corrected chi connectivity index (χ4v) is 4.06. The number of amides is 1. The van der Waals surface area contributed by atoms with Crippen LogP contribution in [-0.2, 0) is 9.59 Å². The lowest BCUT2D eigenvalue weighted by Gasteiger charge is -2.25. The Bertz CT molecular complexity index is 890. The molecule has 2 aromatic rings. The zero-order chi connectivity index (χ0) is 20.3. The maximum atomic E-state index is 12.8. The summed E-state index contributed by atoms with van der Waals surface area (Å²) in [5.74, 6) is -0.814. The molecule has 148 valence electrons. The van der Waals surface area contributed by atoms with E-state index in [1.807, 2.05) is 43.4 Å². The fraction of sp³-hybridized carbons (Fsp3) is 0.333. The second kappa shape index (κ2) is 8.58. The van der Waals surface area contributed by atoms with Gasteiger partial charge in [0.15, 0.2) is 0 Å². The minimum absolute atomic E-state index is 0.125. The molecule has 1 saturated heterocycles. The van der Waals surface area contributed by atoms with E-state index in [1.165, 1.54) is 11.3 Å². The lowest BCUT2D eigenvalue weighted by Crippen LogP contribution is -2.35. The van der Waals surface area contributed by atoms with Gasteiger partial charge in [0, 0.05) is 23.5 Å². The number of ether oxygens (including phenoxy) is 1. The van der Waals surface area contributed by atoms with Crippen LogP contribution < -0.4 is 4.74 Å². The average molecular weight is 401 g/mol. The molecule has 1 aliphatic rings. The van der Waals surface area contributed by atoms with E-state index in [4.69, 9.17) is 4.74 Å². The maximum Gasteiger partial charge on any atom is 0.295 e. The molecule has 1 aromatic carbocycles. The Morgan fingerprint density at radius 1 is 1.25 bits per heavy atom. The Morgan fingerprint density at radius 2 is 2.04 bits per heavy atom. The van der Waals surface area contributed by atoms with Crippen molar-refractivity contribution < 1.29 is 19.4 Å². The van der Waals surface area contributed by atoms with Crippen LogP contribution in [0.5, 0.6) is 5.75 Å². The first-order valence-corrected chi connectivity index (χ1v) is 10.0. The van der Waals surface area contributed by atoms with Crippen molar-refractivity contribution >= 4 is 28.8 Å². The van der Waals surface area contributed by atoms with Crippen molar-refractivity contribution in [2.75, 3.05) is 33.8 Å². The summed E-state index contributed by atoms with van der Waals surface area (Å²) in [6.45, 7) is 3.39. The number of rotatable bonds is 7. The number of hydrogen-bond acceptors (Lipinski definition) is 6. The number of nitrogens with zero attached hydrogens (tertiary/aromatic N) is 2. The molecule has 3 rings (SSSR count). The molecule has 1 fully saturated rings. The van der Waals surface area contributed by atoms with E-state index in [2.05, 4.69) is 0 Å². The number of aliphatic hydroxyl groups excluding tert-OH is 1. The van der Waals surface area contributed by atoms with Gasteiger partial charge in [-0.25, -0.2) is 0 Å². The SMILES string of the molecule is CCOc1cccc(C(O)=C2C(=O)C(=O)N(CCN(C)C)[C@@H]2c2cccs2)c1. The van der Waals surface area contributed by atoms with Gasteiger partial charge in [-0.3, -0.25) is 9.59 Å². The number of carbonyl (C=O) groups is 2. The predicted molar refractivity (Wildman–Crippen MR) is 109 cm³/mol. The van der Waals surface area contributed by atoms with Crippen molar-refractivity contribution in [1.82, 2.24) is 9.80 Å². The first-order chi connectivity index (χ1) is 13.4. The Hall–Kier alpha value is -2.64. The summed E-state index contributed by atoms with van der Waals surface area (Å²) < 4.78 is 5.49.